The fourth-order valence-electron chi connectivity index (χ4n) is 4.93. The van der Waals surface area contributed by atoms with E-state index in [1.54, 1.807) is 0 Å². The highest BCUT2D eigenvalue weighted by Crippen LogP contribution is 2.62. The van der Waals surface area contributed by atoms with Gasteiger partial charge in [-0.25, -0.2) is 39.0 Å². The molecule has 2 saturated heterocycles. The molecule has 0 radical (unpaired) electrons. The molecule has 0 aliphatic carbocycles. The van der Waals surface area contributed by atoms with Crippen molar-refractivity contribution in [1.29, 1.82) is 0 Å². The number of ether oxygens (including phenoxy) is 2. The number of aliphatic hydroxyl groups excluding tert-OH is 4. The van der Waals surface area contributed by atoms with E-state index < -0.39 is 77.9 Å². The summed E-state index contributed by atoms with van der Waals surface area (Å²) < 4.78 is 53.0. The molecule has 2 aliphatic heterocycles. The molecule has 0 saturated carbocycles. The van der Waals surface area contributed by atoms with Crippen molar-refractivity contribution in [3.05, 3.63) is 25.3 Å². The Morgan fingerprint density at radius 2 is 1.31 bits per heavy atom. The molecule has 6 heterocycles. The molecule has 10 unspecified atom stereocenters. The molecule has 23 nitrogen and oxygen atoms in total. The van der Waals surface area contributed by atoms with Gasteiger partial charge < -0.3 is 51.2 Å². The van der Waals surface area contributed by atoms with Crippen molar-refractivity contribution in [3.63, 3.8) is 0 Å². The fraction of sp³-hybridized carbons (Fsp3) is 0.500. The van der Waals surface area contributed by atoms with Crippen LogP contribution in [0.1, 0.15) is 12.5 Å². The number of aliphatic hydroxyl groups is 4. The molecule has 0 amide bonds. The summed E-state index contributed by atoms with van der Waals surface area (Å²) in [6.07, 6.45) is -7.63. The minimum Gasteiger partial charge on any atom is -0.394 e. The molecular weight excluding hydrogens is 650 g/mol. The number of rotatable bonds is 10. The monoisotopic (exact) mass is 676 g/mol. The van der Waals surface area contributed by atoms with E-state index in [2.05, 4.69) is 34.2 Å². The average Bonchev–Trinajstić information content (AvgIpc) is 3.74. The Morgan fingerprint density at radius 1 is 0.778 bits per heavy atom. The first-order valence-corrected chi connectivity index (χ1v) is 15.8. The number of nitrogens with two attached hydrogens (primary N) is 2. The van der Waals surface area contributed by atoms with Crippen LogP contribution >= 0.6 is 15.6 Å². The van der Waals surface area contributed by atoms with Crippen LogP contribution in [-0.2, 0) is 32.0 Å². The summed E-state index contributed by atoms with van der Waals surface area (Å²) in [4.78, 5) is 44.2. The van der Waals surface area contributed by atoms with E-state index in [9.17, 15) is 39.3 Å². The molecule has 244 valence electrons. The maximum atomic E-state index is 12.8. The highest BCUT2D eigenvalue weighted by atomic mass is 31.3. The summed E-state index contributed by atoms with van der Waals surface area (Å²) in [6.45, 7) is -1.73. The van der Waals surface area contributed by atoms with Crippen molar-refractivity contribution in [1.82, 2.24) is 39.0 Å². The van der Waals surface area contributed by atoms with Gasteiger partial charge in [0.1, 0.15) is 60.3 Å². The van der Waals surface area contributed by atoms with Crippen LogP contribution in [0.2, 0.25) is 0 Å². The number of imidazole rings is 2. The summed E-state index contributed by atoms with van der Waals surface area (Å²) in [7, 11) is -11.0. The van der Waals surface area contributed by atoms with Crippen LogP contribution < -0.4 is 11.5 Å². The number of phosphoric ester groups is 2. The Bertz CT molecular complexity index is 1810. The first kappa shape index (κ1) is 31.7. The van der Waals surface area contributed by atoms with E-state index in [-0.39, 0.29) is 34.0 Å². The smallest absolute Gasteiger partial charge is 0.394 e. The Balaban J connectivity index is 1.10. The lowest BCUT2D eigenvalue weighted by Crippen LogP contribution is -2.35. The van der Waals surface area contributed by atoms with Crippen molar-refractivity contribution < 1.29 is 62.2 Å². The van der Waals surface area contributed by atoms with Gasteiger partial charge in [0.25, 0.3) is 0 Å². The summed E-state index contributed by atoms with van der Waals surface area (Å²) in [5.41, 5.74) is 12.2. The predicted molar refractivity (Wildman–Crippen MR) is 144 cm³/mol. The average molecular weight is 676 g/mol. The lowest BCUT2D eigenvalue weighted by atomic mass is 10.1. The second-order valence-electron chi connectivity index (χ2n) is 9.84. The normalized spacial score (nSPS) is 31.4. The number of phosphoric acid groups is 2. The zero-order valence-electron chi connectivity index (χ0n) is 22.5. The molecule has 4 aromatic heterocycles. The van der Waals surface area contributed by atoms with Crippen molar-refractivity contribution >= 4 is 49.6 Å². The van der Waals surface area contributed by atoms with Gasteiger partial charge in [-0.2, -0.15) is 4.31 Å². The quantitative estimate of drug-likeness (QED) is 0.0793. The molecule has 0 aromatic carbocycles. The standard InChI is InChI=1S/C20H26N10O13P2/c21-15-9-17(25-3-23-15)29(5-27-9)19-12(33)11(32)8(41-19)2-39-44(35,36)43-45(37,38)42-14-7(1-31)40-20(13(14)34)30-6-28-10-16(22)24-4-26-18(10)30/h3-8,11-14,19-20,31-34H,1-2H2,(H,35,36)(H,37,38)(H2,21,23,25)(H2,22,24,26). The number of aromatic nitrogens is 8. The molecule has 45 heavy (non-hydrogen) atoms. The largest absolute Gasteiger partial charge is 0.481 e. The third kappa shape index (κ3) is 5.90. The van der Waals surface area contributed by atoms with E-state index in [4.69, 9.17) is 30.0 Å². The Labute approximate surface area is 250 Å². The van der Waals surface area contributed by atoms with E-state index in [0.29, 0.717) is 0 Å². The zero-order chi connectivity index (χ0) is 32.3. The minimum absolute atomic E-state index is 0.0280. The van der Waals surface area contributed by atoms with E-state index in [0.717, 1.165) is 12.7 Å². The van der Waals surface area contributed by atoms with Gasteiger partial charge in [-0.05, 0) is 0 Å². The summed E-state index contributed by atoms with van der Waals surface area (Å²) >= 11 is 0. The Hall–Kier alpha value is -3.28. The molecule has 0 bridgehead atoms. The number of hydrogen-bond acceptors (Lipinski definition) is 19. The van der Waals surface area contributed by atoms with Gasteiger partial charge in [0, 0.05) is 0 Å². The number of nitrogen functional groups attached to an aromatic ring is 2. The molecular formula is C20H26N10O13P2. The molecule has 2 fully saturated rings. The van der Waals surface area contributed by atoms with Gasteiger partial charge in [-0.15, -0.1) is 0 Å². The van der Waals surface area contributed by atoms with Crippen molar-refractivity contribution in [3.8, 4) is 0 Å². The molecule has 6 rings (SSSR count). The second kappa shape index (κ2) is 11.8. The number of nitrogens with zero attached hydrogens (tertiary/aromatic N) is 8. The summed E-state index contributed by atoms with van der Waals surface area (Å²) in [6, 6.07) is 0. The number of anilines is 2. The molecule has 10 atom stereocenters. The first-order valence-electron chi connectivity index (χ1n) is 12.8. The predicted octanol–water partition coefficient (Wildman–Crippen LogP) is -2.68. The molecule has 0 spiro atoms. The summed E-state index contributed by atoms with van der Waals surface area (Å²) in [5.74, 6) is 0.0772. The van der Waals surface area contributed by atoms with E-state index >= 15 is 0 Å². The van der Waals surface area contributed by atoms with Crippen LogP contribution in [0.15, 0.2) is 25.3 Å². The minimum atomic E-state index is -5.53. The second-order valence-corrected chi connectivity index (χ2v) is 12.8. The lowest BCUT2D eigenvalue weighted by Gasteiger charge is -2.23. The van der Waals surface area contributed by atoms with Gasteiger partial charge in [0.05, 0.1) is 25.9 Å². The number of fused-ring (bicyclic) bond motifs is 2. The van der Waals surface area contributed by atoms with Crippen LogP contribution in [-0.4, -0.2) is 119 Å². The zero-order valence-corrected chi connectivity index (χ0v) is 24.3. The number of hydrogen-bond donors (Lipinski definition) is 8. The third-order valence-corrected chi connectivity index (χ3v) is 9.65. The van der Waals surface area contributed by atoms with Crippen molar-refractivity contribution in [2.45, 2.75) is 49.1 Å². The van der Waals surface area contributed by atoms with Crippen LogP contribution in [0.3, 0.4) is 0 Å². The molecule has 25 heteroatoms. The Kier molecular flexibility index (Phi) is 8.33. The van der Waals surface area contributed by atoms with Gasteiger partial charge in [-0.3, -0.25) is 18.2 Å². The summed E-state index contributed by atoms with van der Waals surface area (Å²) in [5, 5.41) is 41.7. The molecule has 4 aromatic rings. The third-order valence-electron chi connectivity index (χ3n) is 7.01. The molecule has 2 aliphatic rings. The highest BCUT2D eigenvalue weighted by molar-refractivity contribution is 7.61. The van der Waals surface area contributed by atoms with Crippen molar-refractivity contribution in [2.24, 2.45) is 0 Å². The maximum Gasteiger partial charge on any atom is 0.481 e. The van der Waals surface area contributed by atoms with E-state index in [1.807, 2.05) is 0 Å². The van der Waals surface area contributed by atoms with Gasteiger partial charge in [-0.1, -0.05) is 0 Å². The first-order chi connectivity index (χ1) is 21.3. The van der Waals surface area contributed by atoms with Crippen molar-refractivity contribution in [2.75, 3.05) is 24.7 Å². The van der Waals surface area contributed by atoms with Gasteiger partial charge in [0.2, 0.25) is 0 Å². The lowest BCUT2D eigenvalue weighted by molar-refractivity contribution is -0.0521. The topological polar surface area (TPSA) is 341 Å². The van der Waals surface area contributed by atoms with Gasteiger partial charge >= 0.3 is 15.6 Å². The SMILES string of the molecule is Nc1ncnc2c1ncn2C1OC(COP(=O)(O)OP(=O)(O)OC2C(CO)OC(n3cnc4c(N)ncnc43)C2O)C(O)C1O. The van der Waals surface area contributed by atoms with Crippen LogP contribution in [0.4, 0.5) is 11.6 Å². The van der Waals surface area contributed by atoms with Crippen LogP contribution in [0.5, 0.6) is 0 Å². The van der Waals surface area contributed by atoms with E-state index in [1.165, 1.54) is 21.8 Å². The molecule has 10 N–H and O–H groups in total. The maximum absolute atomic E-state index is 12.8. The van der Waals surface area contributed by atoms with Crippen LogP contribution in [0.25, 0.3) is 22.3 Å². The van der Waals surface area contributed by atoms with Gasteiger partial charge in [0.15, 0.2) is 35.4 Å². The Morgan fingerprint density at radius 3 is 1.87 bits per heavy atom. The van der Waals surface area contributed by atoms with Crippen LogP contribution in [0, 0.1) is 0 Å². The highest BCUT2D eigenvalue weighted by Gasteiger charge is 2.51. The fourth-order valence-corrected chi connectivity index (χ4v) is 7.22.